The summed E-state index contributed by atoms with van der Waals surface area (Å²) < 4.78 is 0. The number of likely N-dealkylation sites (tertiary alicyclic amines) is 1. The predicted molar refractivity (Wildman–Crippen MR) is 117 cm³/mol. The van der Waals surface area contributed by atoms with Crippen molar-refractivity contribution in [3.63, 3.8) is 0 Å². The number of hydrogen-bond donors (Lipinski definition) is 2. The number of amides is 3. The molecule has 0 bridgehead atoms. The fourth-order valence-corrected chi connectivity index (χ4v) is 6.64. The second kappa shape index (κ2) is 7.68. The molecule has 4 aliphatic rings. The lowest BCUT2D eigenvalue weighted by atomic mass is 9.76. The average Bonchev–Trinajstić information content (AvgIpc) is 3.21. The van der Waals surface area contributed by atoms with Crippen LogP contribution in [0.1, 0.15) is 50.5 Å². The number of fused-ring (bicyclic) bond motifs is 4. The van der Waals surface area contributed by atoms with Gasteiger partial charge in [0, 0.05) is 23.3 Å². The summed E-state index contributed by atoms with van der Waals surface area (Å²) in [4.78, 5) is 42.4. The van der Waals surface area contributed by atoms with Crippen molar-refractivity contribution in [2.75, 3.05) is 17.3 Å². The number of carbonyl (C=O) groups is 3. The van der Waals surface area contributed by atoms with Crippen LogP contribution in [-0.2, 0) is 19.9 Å². The smallest absolute Gasteiger partial charge is 0.250 e. The van der Waals surface area contributed by atoms with Crippen molar-refractivity contribution in [1.82, 2.24) is 10.2 Å². The van der Waals surface area contributed by atoms with Crippen molar-refractivity contribution in [3.8, 4) is 0 Å². The Bertz CT molecular complexity index is 882. The molecule has 2 saturated heterocycles. The number of hydrogen-bond acceptors (Lipinski definition) is 5. The fraction of sp³-hybridized carbons (Fsp3) is 0.609. The highest BCUT2D eigenvalue weighted by Gasteiger charge is 2.70. The zero-order chi connectivity index (χ0) is 20.9. The Morgan fingerprint density at radius 1 is 1.07 bits per heavy atom. The number of para-hydroxylation sites is 1. The second-order valence-corrected chi connectivity index (χ2v) is 10.0. The number of nitrogens with zero attached hydrogens (tertiary/aromatic N) is 1. The molecule has 1 aromatic rings. The van der Waals surface area contributed by atoms with Gasteiger partial charge in [-0.15, -0.1) is 0 Å². The molecule has 5 rings (SSSR count). The van der Waals surface area contributed by atoms with Gasteiger partial charge in [-0.3, -0.25) is 24.6 Å². The van der Waals surface area contributed by atoms with Crippen LogP contribution in [0.15, 0.2) is 24.3 Å². The van der Waals surface area contributed by atoms with Crippen molar-refractivity contribution in [1.29, 1.82) is 0 Å². The minimum Gasteiger partial charge on any atom is -0.324 e. The molecule has 2 N–H and O–H groups in total. The van der Waals surface area contributed by atoms with Crippen molar-refractivity contribution in [3.05, 3.63) is 29.8 Å². The third-order valence-corrected chi connectivity index (χ3v) is 8.12. The summed E-state index contributed by atoms with van der Waals surface area (Å²) in [5, 5.41) is 6.48. The van der Waals surface area contributed by atoms with Crippen LogP contribution in [0.25, 0.3) is 0 Å². The van der Waals surface area contributed by atoms with Crippen LogP contribution in [0.3, 0.4) is 0 Å². The average molecular weight is 428 g/mol. The predicted octanol–water partition coefficient (Wildman–Crippen LogP) is 2.88. The van der Waals surface area contributed by atoms with Crippen molar-refractivity contribution < 1.29 is 14.4 Å². The highest BCUT2D eigenvalue weighted by atomic mass is 32.2. The SMILES string of the molecule is CSCC[C@@H]1N[C@]2(C(=O)Nc3ccccc32)[C@@H]2C(=O)N(C3CCCCCC3)C(=O)[C@@H]12. The van der Waals surface area contributed by atoms with E-state index in [1.807, 2.05) is 30.5 Å². The largest absolute Gasteiger partial charge is 0.324 e. The molecule has 160 valence electrons. The molecular formula is C23H29N3O3S. The maximum atomic E-state index is 13.8. The number of carbonyl (C=O) groups excluding carboxylic acids is 3. The van der Waals surface area contributed by atoms with E-state index in [1.54, 1.807) is 16.7 Å². The normalized spacial score (nSPS) is 33.7. The molecule has 3 aliphatic heterocycles. The molecule has 4 atom stereocenters. The quantitative estimate of drug-likeness (QED) is 0.571. The van der Waals surface area contributed by atoms with Gasteiger partial charge in [-0.05, 0) is 37.3 Å². The summed E-state index contributed by atoms with van der Waals surface area (Å²) in [6, 6.07) is 7.38. The Hall–Kier alpha value is -1.86. The van der Waals surface area contributed by atoms with Crippen LogP contribution in [0.5, 0.6) is 0 Å². The first-order valence-electron chi connectivity index (χ1n) is 11.1. The second-order valence-electron chi connectivity index (χ2n) is 9.04. The molecule has 1 aromatic carbocycles. The maximum Gasteiger partial charge on any atom is 0.250 e. The van der Waals surface area contributed by atoms with Gasteiger partial charge in [-0.1, -0.05) is 43.9 Å². The Morgan fingerprint density at radius 2 is 1.80 bits per heavy atom. The van der Waals surface area contributed by atoms with Gasteiger partial charge in [0.2, 0.25) is 17.7 Å². The van der Waals surface area contributed by atoms with E-state index in [2.05, 4.69) is 10.6 Å². The summed E-state index contributed by atoms with van der Waals surface area (Å²) in [6.07, 6.45) is 9.01. The van der Waals surface area contributed by atoms with Gasteiger partial charge in [0.15, 0.2) is 0 Å². The number of rotatable bonds is 4. The lowest BCUT2D eigenvalue weighted by molar-refractivity contribution is -0.145. The fourth-order valence-electron chi connectivity index (χ4n) is 6.15. The molecule has 3 amide bonds. The number of anilines is 1. The van der Waals surface area contributed by atoms with Gasteiger partial charge in [0.05, 0.1) is 11.8 Å². The molecule has 30 heavy (non-hydrogen) atoms. The van der Waals surface area contributed by atoms with E-state index in [4.69, 9.17) is 0 Å². The molecule has 7 heteroatoms. The number of benzene rings is 1. The molecule has 1 saturated carbocycles. The monoisotopic (exact) mass is 427 g/mol. The Kier molecular flexibility index (Phi) is 5.14. The first kappa shape index (κ1) is 20.1. The zero-order valence-corrected chi connectivity index (χ0v) is 18.2. The number of nitrogens with one attached hydrogen (secondary N) is 2. The highest BCUT2D eigenvalue weighted by Crippen LogP contribution is 2.54. The van der Waals surface area contributed by atoms with Gasteiger partial charge in [-0.2, -0.15) is 11.8 Å². The Balaban J connectivity index is 1.58. The van der Waals surface area contributed by atoms with Crippen LogP contribution >= 0.6 is 11.8 Å². The molecule has 1 spiro atoms. The molecule has 6 nitrogen and oxygen atoms in total. The Labute approximate surface area is 181 Å². The summed E-state index contributed by atoms with van der Waals surface area (Å²) in [6.45, 7) is 0. The summed E-state index contributed by atoms with van der Waals surface area (Å²) >= 11 is 1.72. The van der Waals surface area contributed by atoms with E-state index in [0.717, 1.165) is 61.9 Å². The summed E-state index contributed by atoms with van der Waals surface area (Å²) in [5.41, 5.74) is 0.407. The van der Waals surface area contributed by atoms with Gasteiger partial charge < -0.3 is 5.32 Å². The topological polar surface area (TPSA) is 78.5 Å². The maximum absolute atomic E-state index is 13.8. The lowest BCUT2D eigenvalue weighted by Crippen LogP contribution is -2.54. The van der Waals surface area contributed by atoms with Crippen molar-refractivity contribution in [2.24, 2.45) is 11.8 Å². The number of imide groups is 1. The van der Waals surface area contributed by atoms with Gasteiger partial charge in [0.1, 0.15) is 5.54 Å². The third-order valence-electron chi connectivity index (χ3n) is 7.48. The highest BCUT2D eigenvalue weighted by molar-refractivity contribution is 7.98. The molecule has 0 aromatic heterocycles. The molecule has 3 heterocycles. The van der Waals surface area contributed by atoms with E-state index >= 15 is 0 Å². The first-order valence-corrected chi connectivity index (χ1v) is 12.5. The van der Waals surface area contributed by atoms with E-state index in [0.29, 0.717) is 0 Å². The summed E-state index contributed by atoms with van der Waals surface area (Å²) in [5.74, 6) is -0.666. The first-order chi connectivity index (χ1) is 14.6. The summed E-state index contributed by atoms with van der Waals surface area (Å²) in [7, 11) is 0. The van der Waals surface area contributed by atoms with E-state index < -0.39 is 17.4 Å². The van der Waals surface area contributed by atoms with Gasteiger partial charge >= 0.3 is 0 Å². The standard InChI is InChI=1S/C23H29N3O3S/c1-30-13-12-17-18-19(21(28)26(20(18)27)14-8-4-2-3-5-9-14)23(25-17)15-10-6-7-11-16(15)24-22(23)29/h6-7,10-11,14,17-19,25H,2-5,8-9,12-13H2,1H3,(H,24,29)/t17-,18-,19-,23-/m0/s1. The van der Waals surface area contributed by atoms with Crippen LogP contribution < -0.4 is 10.6 Å². The van der Waals surface area contributed by atoms with E-state index in [9.17, 15) is 14.4 Å². The van der Waals surface area contributed by atoms with Crippen LogP contribution in [0.2, 0.25) is 0 Å². The zero-order valence-electron chi connectivity index (χ0n) is 17.4. The molecule has 0 unspecified atom stereocenters. The third kappa shape index (κ3) is 2.78. The van der Waals surface area contributed by atoms with E-state index in [-0.39, 0.29) is 29.8 Å². The minimum atomic E-state index is -1.14. The van der Waals surface area contributed by atoms with Gasteiger partial charge in [-0.25, -0.2) is 0 Å². The van der Waals surface area contributed by atoms with Crippen molar-refractivity contribution >= 4 is 35.2 Å². The minimum absolute atomic E-state index is 0.0175. The van der Waals surface area contributed by atoms with Crippen LogP contribution in [0.4, 0.5) is 5.69 Å². The van der Waals surface area contributed by atoms with Gasteiger partial charge in [0.25, 0.3) is 0 Å². The molecule has 0 radical (unpaired) electrons. The van der Waals surface area contributed by atoms with Crippen LogP contribution in [-0.4, -0.2) is 46.7 Å². The van der Waals surface area contributed by atoms with E-state index in [1.165, 1.54) is 0 Å². The van der Waals surface area contributed by atoms with Crippen molar-refractivity contribution in [2.45, 2.75) is 62.6 Å². The lowest BCUT2D eigenvalue weighted by Gasteiger charge is -2.32. The molecule has 1 aliphatic carbocycles. The Morgan fingerprint density at radius 3 is 2.53 bits per heavy atom. The molecular weight excluding hydrogens is 398 g/mol. The number of thioether (sulfide) groups is 1. The molecule has 3 fully saturated rings. The van der Waals surface area contributed by atoms with Crippen LogP contribution in [0, 0.1) is 11.8 Å².